The molecule has 25 heavy (non-hydrogen) atoms. The van der Waals surface area contributed by atoms with E-state index in [1.807, 2.05) is 0 Å². The van der Waals surface area contributed by atoms with Crippen LogP contribution >= 0.6 is 47.2 Å². The zero-order chi connectivity index (χ0) is 18.1. The Morgan fingerprint density at radius 1 is 1.32 bits per heavy atom. The average Bonchev–Trinajstić information content (AvgIpc) is 2.52. The molecule has 6 nitrogen and oxygen atoms in total. The summed E-state index contributed by atoms with van der Waals surface area (Å²) in [6.45, 7) is -2.64. The van der Waals surface area contributed by atoms with E-state index in [-0.39, 0.29) is 58.7 Å². The summed E-state index contributed by atoms with van der Waals surface area (Å²) in [5.41, 5.74) is 0.337. The molecule has 0 aliphatic heterocycles. The molecule has 0 unspecified atom stereocenters. The molecule has 1 aromatic carbocycles. The van der Waals surface area contributed by atoms with Crippen molar-refractivity contribution in [3.63, 3.8) is 0 Å². The van der Waals surface area contributed by atoms with Crippen molar-refractivity contribution < 1.29 is 23.0 Å². The van der Waals surface area contributed by atoms with Crippen LogP contribution in [0.4, 0.5) is 8.78 Å². The van der Waals surface area contributed by atoms with Crippen LogP contribution in [0.2, 0.25) is 10.0 Å². The topological polar surface area (TPSA) is 72.0 Å². The predicted octanol–water partition coefficient (Wildman–Crippen LogP) is 3.44. The number of carbonyl (C=O) groups is 1. The number of aliphatic imine (C=N–C) groups is 1. The normalized spacial score (nSPS) is 10.9. The van der Waals surface area contributed by atoms with Crippen molar-refractivity contribution in [1.82, 2.24) is 10.6 Å². The van der Waals surface area contributed by atoms with E-state index >= 15 is 0 Å². The number of guanidine groups is 1. The standard InChI is InChI=1S/C14H17Cl2F2N3O3.HI/c1-19-14(20-4-3-11(22)23-2)21-7-8-5-9(15)6-10(16)12(8)24-13(17)18;/h5-6,13H,3-4,7H2,1-2H3,(H2,19,20,21);1H. The lowest BCUT2D eigenvalue weighted by molar-refractivity contribution is -0.140. The quantitative estimate of drug-likeness (QED) is 0.254. The highest BCUT2D eigenvalue weighted by molar-refractivity contribution is 14.0. The molecule has 142 valence electrons. The van der Waals surface area contributed by atoms with Gasteiger partial charge < -0.3 is 20.1 Å². The highest BCUT2D eigenvalue weighted by Gasteiger charge is 2.15. The minimum atomic E-state index is -3.01. The van der Waals surface area contributed by atoms with Gasteiger partial charge in [0, 0.05) is 30.7 Å². The van der Waals surface area contributed by atoms with E-state index < -0.39 is 6.61 Å². The lowest BCUT2D eigenvalue weighted by atomic mass is 10.2. The van der Waals surface area contributed by atoms with E-state index in [1.165, 1.54) is 26.3 Å². The van der Waals surface area contributed by atoms with E-state index in [9.17, 15) is 13.6 Å². The summed E-state index contributed by atoms with van der Waals surface area (Å²) in [7, 11) is 2.82. The fraction of sp³-hybridized carbons (Fsp3) is 0.429. The molecule has 0 saturated heterocycles. The van der Waals surface area contributed by atoms with Gasteiger partial charge >= 0.3 is 12.6 Å². The van der Waals surface area contributed by atoms with Crippen molar-refractivity contribution in [3.8, 4) is 5.75 Å². The summed E-state index contributed by atoms with van der Waals surface area (Å²) < 4.78 is 34.0. The lowest BCUT2D eigenvalue weighted by Crippen LogP contribution is -2.38. The van der Waals surface area contributed by atoms with Crippen molar-refractivity contribution in [2.45, 2.75) is 19.6 Å². The van der Waals surface area contributed by atoms with Crippen molar-refractivity contribution in [2.24, 2.45) is 4.99 Å². The van der Waals surface area contributed by atoms with E-state index in [2.05, 4.69) is 25.1 Å². The predicted molar refractivity (Wildman–Crippen MR) is 103 cm³/mol. The molecule has 0 spiro atoms. The Bertz CT molecular complexity index is 607. The molecule has 0 atom stereocenters. The maximum atomic E-state index is 12.5. The van der Waals surface area contributed by atoms with Crippen LogP contribution in [-0.2, 0) is 16.1 Å². The summed E-state index contributed by atoms with van der Waals surface area (Å²) in [6.07, 6.45) is 0.153. The first-order chi connectivity index (χ1) is 11.4. The number of nitrogens with one attached hydrogen (secondary N) is 2. The summed E-state index contributed by atoms with van der Waals surface area (Å²) in [4.78, 5) is 15.0. The first-order valence-electron chi connectivity index (χ1n) is 6.81. The number of hydrogen-bond acceptors (Lipinski definition) is 4. The SMILES string of the molecule is CN=C(NCCC(=O)OC)NCc1cc(Cl)cc(Cl)c1OC(F)F.I. The van der Waals surface area contributed by atoms with Crippen molar-refractivity contribution in [1.29, 1.82) is 0 Å². The van der Waals surface area contributed by atoms with Crippen LogP contribution in [0.15, 0.2) is 17.1 Å². The first kappa shape index (κ1) is 23.9. The third kappa shape index (κ3) is 8.73. The maximum absolute atomic E-state index is 12.5. The van der Waals surface area contributed by atoms with Crippen molar-refractivity contribution in [3.05, 3.63) is 27.7 Å². The van der Waals surface area contributed by atoms with Crippen LogP contribution in [0.25, 0.3) is 0 Å². The molecular weight excluding hydrogens is 494 g/mol. The molecule has 0 aromatic heterocycles. The van der Waals surface area contributed by atoms with Gasteiger partial charge in [0.1, 0.15) is 5.75 Å². The van der Waals surface area contributed by atoms with Crippen LogP contribution in [0.5, 0.6) is 5.75 Å². The molecular formula is C14H18Cl2F2IN3O3. The average molecular weight is 512 g/mol. The Hall–Kier alpha value is -1.07. The number of carbonyl (C=O) groups excluding carboxylic acids is 1. The van der Waals surface area contributed by atoms with Gasteiger partial charge in [-0.3, -0.25) is 9.79 Å². The van der Waals surface area contributed by atoms with Gasteiger partial charge in [-0.25, -0.2) is 0 Å². The fourth-order valence-corrected chi connectivity index (χ4v) is 2.33. The molecule has 2 N–H and O–H groups in total. The van der Waals surface area contributed by atoms with Crippen molar-refractivity contribution >= 4 is 59.1 Å². The lowest BCUT2D eigenvalue weighted by Gasteiger charge is -2.15. The molecule has 0 heterocycles. The second-order valence-electron chi connectivity index (χ2n) is 4.43. The Morgan fingerprint density at radius 3 is 2.56 bits per heavy atom. The number of hydrogen-bond donors (Lipinski definition) is 2. The maximum Gasteiger partial charge on any atom is 0.387 e. The third-order valence-electron chi connectivity index (χ3n) is 2.81. The highest BCUT2D eigenvalue weighted by Crippen LogP contribution is 2.33. The van der Waals surface area contributed by atoms with Crippen LogP contribution in [0, 0.1) is 0 Å². The number of esters is 1. The molecule has 0 aliphatic carbocycles. The Morgan fingerprint density at radius 2 is 2.00 bits per heavy atom. The largest absolute Gasteiger partial charge is 0.469 e. The van der Waals surface area contributed by atoms with Gasteiger partial charge in [0.25, 0.3) is 0 Å². The molecule has 1 aromatic rings. The van der Waals surface area contributed by atoms with Gasteiger partial charge in [0.15, 0.2) is 5.96 Å². The number of alkyl halides is 2. The Labute approximate surface area is 171 Å². The van der Waals surface area contributed by atoms with Gasteiger partial charge in [-0.05, 0) is 12.1 Å². The van der Waals surface area contributed by atoms with E-state index in [4.69, 9.17) is 23.2 Å². The number of nitrogens with zero attached hydrogens (tertiary/aromatic N) is 1. The van der Waals surface area contributed by atoms with Crippen molar-refractivity contribution in [2.75, 3.05) is 20.7 Å². The molecule has 0 radical (unpaired) electrons. The van der Waals surface area contributed by atoms with Gasteiger partial charge in [-0.2, -0.15) is 8.78 Å². The minimum Gasteiger partial charge on any atom is -0.469 e. The van der Waals surface area contributed by atoms with Crippen LogP contribution in [0.3, 0.4) is 0 Å². The smallest absolute Gasteiger partial charge is 0.387 e. The van der Waals surface area contributed by atoms with Gasteiger partial charge in [-0.15, -0.1) is 24.0 Å². The summed E-state index contributed by atoms with van der Waals surface area (Å²) in [5, 5.41) is 6.03. The second-order valence-corrected chi connectivity index (χ2v) is 5.28. The summed E-state index contributed by atoms with van der Waals surface area (Å²) >= 11 is 11.8. The van der Waals surface area contributed by atoms with Crippen LogP contribution in [-0.4, -0.2) is 39.2 Å². The number of halogens is 5. The first-order valence-corrected chi connectivity index (χ1v) is 7.57. The highest BCUT2D eigenvalue weighted by atomic mass is 127. The fourth-order valence-electron chi connectivity index (χ4n) is 1.75. The number of benzene rings is 1. The Balaban J connectivity index is 0.00000576. The molecule has 0 bridgehead atoms. The zero-order valence-corrected chi connectivity index (χ0v) is 17.3. The van der Waals surface area contributed by atoms with E-state index in [1.54, 1.807) is 0 Å². The van der Waals surface area contributed by atoms with Crippen LogP contribution in [0.1, 0.15) is 12.0 Å². The second kappa shape index (κ2) is 12.3. The van der Waals surface area contributed by atoms with E-state index in [0.717, 1.165) is 0 Å². The minimum absolute atomic E-state index is 0. The monoisotopic (exact) mass is 511 g/mol. The molecule has 0 aliphatic rings. The molecule has 1 rings (SSSR count). The molecule has 0 saturated carbocycles. The van der Waals surface area contributed by atoms with Gasteiger partial charge in [0.2, 0.25) is 0 Å². The third-order valence-corrected chi connectivity index (χ3v) is 3.31. The van der Waals surface area contributed by atoms with Gasteiger partial charge in [0.05, 0.1) is 18.6 Å². The number of methoxy groups -OCH3 is 1. The Kier molecular flexibility index (Phi) is 11.8. The molecule has 0 fully saturated rings. The molecule has 0 amide bonds. The van der Waals surface area contributed by atoms with E-state index in [0.29, 0.717) is 18.1 Å². The summed E-state index contributed by atoms with van der Waals surface area (Å²) in [6, 6.07) is 2.77. The molecule has 11 heteroatoms. The number of rotatable bonds is 7. The summed E-state index contributed by atoms with van der Waals surface area (Å²) in [5.74, 6) is -0.168. The zero-order valence-electron chi connectivity index (χ0n) is 13.4. The van der Waals surface area contributed by atoms with Gasteiger partial charge in [-0.1, -0.05) is 23.2 Å². The van der Waals surface area contributed by atoms with Crippen LogP contribution < -0.4 is 15.4 Å². The number of ether oxygens (including phenoxy) is 2.